The van der Waals surface area contributed by atoms with E-state index in [9.17, 15) is 0 Å². The molecule has 6 nitrogen and oxygen atoms in total. The highest BCUT2D eigenvalue weighted by Gasteiger charge is 2.19. The van der Waals surface area contributed by atoms with Crippen LogP contribution < -0.4 is 5.32 Å². The maximum Gasteiger partial charge on any atom is 0.243 e. The highest BCUT2D eigenvalue weighted by atomic mass is 15.3. The van der Waals surface area contributed by atoms with E-state index in [1.54, 1.807) is 0 Å². The highest BCUT2D eigenvalue weighted by molar-refractivity contribution is 5.26. The van der Waals surface area contributed by atoms with Crippen molar-refractivity contribution in [3.63, 3.8) is 0 Å². The molecule has 1 unspecified atom stereocenters. The van der Waals surface area contributed by atoms with Crippen LogP contribution in [0.2, 0.25) is 0 Å². The average molecular weight is 292 g/mol. The van der Waals surface area contributed by atoms with Crippen molar-refractivity contribution in [2.45, 2.75) is 39.7 Å². The Kier molecular flexibility index (Phi) is 5.87. The Labute approximate surface area is 128 Å². The molecule has 2 rings (SSSR count). The minimum absolute atomic E-state index is 0.484. The fourth-order valence-electron chi connectivity index (χ4n) is 2.64. The SMILES string of the molecule is CCc1nnc(NCC(C)N2CCN(C)CC2)nc1CC. The van der Waals surface area contributed by atoms with Crippen LogP contribution in [-0.4, -0.2) is 70.8 Å². The van der Waals surface area contributed by atoms with E-state index in [4.69, 9.17) is 0 Å². The van der Waals surface area contributed by atoms with Crippen molar-refractivity contribution in [2.75, 3.05) is 45.1 Å². The Morgan fingerprint density at radius 3 is 2.33 bits per heavy atom. The molecule has 1 saturated heterocycles. The number of nitrogens with zero attached hydrogens (tertiary/aromatic N) is 5. The predicted molar refractivity (Wildman–Crippen MR) is 85.6 cm³/mol. The molecule has 0 bridgehead atoms. The number of aromatic nitrogens is 3. The van der Waals surface area contributed by atoms with Crippen LogP contribution in [0.25, 0.3) is 0 Å². The van der Waals surface area contributed by atoms with Gasteiger partial charge in [0.2, 0.25) is 5.95 Å². The highest BCUT2D eigenvalue weighted by Crippen LogP contribution is 2.09. The van der Waals surface area contributed by atoms with Crippen LogP contribution in [-0.2, 0) is 12.8 Å². The molecular weight excluding hydrogens is 264 g/mol. The van der Waals surface area contributed by atoms with Gasteiger partial charge in [-0.05, 0) is 26.8 Å². The molecule has 0 amide bonds. The van der Waals surface area contributed by atoms with E-state index < -0.39 is 0 Å². The third-order valence-corrected chi connectivity index (χ3v) is 4.23. The zero-order chi connectivity index (χ0) is 15.2. The number of likely N-dealkylation sites (N-methyl/N-ethyl adjacent to an activating group) is 1. The molecule has 0 aliphatic carbocycles. The molecule has 0 saturated carbocycles. The lowest BCUT2D eigenvalue weighted by atomic mass is 10.2. The summed E-state index contributed by atoms with van der Waals surface area (Å²) in [5.74, 6) is 0.657. The summed E-state index contributed by atoms with van der Waals surface area (Å²) in [6.07, 6.45) is 1.79. The number of rotatable bonds is 6. The minimum Gasteiger partial charge on any atom is -0.351 e. The topological polar surface area (TPSA) is 57.2 Å². The van der Waals surface area contributed by atoms with Crippen LogP contribution in [0.15, 0.2) is 0 Å². The van der Waals surface area contributed by atoms with E-state index in [0.29, 0.717) is 12.0 Å². The molecule has 1 atom stereocenters. The van der Waals surface area contributed by atoms with Gasteiger partial charge < -0.3 is 10.2 Å². The van der Waals surface area contributed by atoms with E-state index in [2.05, 4.69) is 58.1 Å². The van der Waals surface area contributed by atoms with Gasteiger partial charge in [0.25, 0.3) is 0 Å². The number of nitrogens with one attached hydrogen (secondary N) is 1. The molecule has 1 aromatic heterocycles. The Hall–Kier alpha value is -1.27. The van der Waals surface area contributed by atoms with Crippen molar-refractivity contribution >= 4 is 5.95 Å². The van der Waals surface area contributed by atoms with Crippen LogP contribution >= 0.6 is 0 Å². The maximum absolute atomic E-state index is 4.58. The fraction of sp³-hybridized carbons (Fsp3) is 0.800. The van der Waals surface area contributed by atoms with Crippen molar-refractivity contribution < 1.29 is 0 Å². The summed E-state index contributed by atoms with van der Waals surface area (Å²) in [5.41, 5.74) is 2.07. The number of piperazine rings is 1. The molecule has 2 heterocycles. The van der Waals surface area contributed by atoms with Gasteiger partial charge in [-0.2, -0.15) is 5.10 Å². The molecule has 1 N–H and O–H groups in total. The van der Waals surface area contributed by atoms with Gasteiger partial charge in [-0.1, -0.05) is 13.8 Å². The summed E-state index contributed by atoms with van der Waals surface area (Å²) in [6.45, 7) is 11.9. The molecule has 0 radical (unpaired) electrons. The third kappa shape index (κ3) is 4.35. The molecule has 1 fully saturated rings. The van der Waals surface area contributed by atoms with Crippen LogP contribution in [0, 0.1) is 0 Å². The molecule has 1 aromatic rings. The fourth-order valence-corrected chi connectivity index (χ4v) is 2.64. The number of hydrogen-bond acceptors (Lipinski definition) is 6. The number of anilines is 1. The maximum atomic E-state index is 4.58. The van der Waals surface area contributed by atoms with E-state index in [-0.39, 0.29) is 0 Å². The van der Waals surface area contributed by atoms with E-state index in [0.717, 1.165) is 57.0 Å². The zero-order valence-electron chi connectivity index (χ0n) is 13.8. The van der Waals surface area contributed by atoms with Gasteiger partial charge in [0.05, 0.1) is 11.4 Å². The molecule has 21 heavy (non-hydrogen) atoms. The van der Waals surface area contributed by atoms with Gasteiger partial charge in [-0.3, -0.25) is 4.90 Å². The Morgan fingerprint density at radius 1 is 1.05 bits per heavy atom. The van der Waals surface area contributed by atoms with Gasteiger partial charge in [0.15, 0.2) is 0 Å². The first-order valence-corrected chi connectivity index (χ1v) is 8.03. The number of hydrogen-bond donors (Lipinski definition) is 1. The summed E-state index contributed by atoms with van der Waals surface area (Å²) < 4.78 is 0. The predicted octanol–water partition coefficient (Wildman–Crippen LogP) is 1.04. The molecule has 1 aliphatic heterocycles. The van der Waals surface area contributed by atoms with Crippen molar-refractivity contribution in [1.29, 1.82) is 0 Å². The molecule has 6 heteroatoms. The smallest absolute Gasteiger partial charge is 0.243 e. The molecule has 1 aliphatic rings. The molecular formula is C15H28N6. The second-order valence-corrected chi connectivity index (χ2v) is 5.81. The molecule has 0 spiro atoms. The summed E-state index contributed by atoms with van der Waals surface area (Å²) in [6, 6.07) is 0.484. The lowest BCUT2D eigenvalue weighted by Gasteiger charge is -2.36. The lowest BCUT2D eigenvalue weighted by molar-refractivity contribution is 0.123. The van der Waals surface area contributed by atoms with Gasteiger partial charge in [-0.15, -0.1) is 5.10 Å². The average Bonchev–Trinajstić information content (AvgIpc) is 2.52. The van der Waals surface area contributed by atoms with Gasteiger partial charge in [0, 0.05) is 38.8 Å². The Balaban J connectivity index is 1.87. The molecule has 0 aromatic carbocycles. The second-order valence-electron chi connectivity index (χ2n) is 5.81. The third-order valence-electron chi connectivity index (χ3n) is 4.23. The first kappa shape index (κ1) is 16.1. The van der Waals surface area contributed by atoms with E-state index in [1.807, 2.05) is 0 Å². The van der Waals surface area contributed by atoms with Crippen LogP contribution in [0.5, 0.6) is 0 Å². The minimum atomic E-state index is 0.484. The standard InChI is InChI=1S/C15H28N6/c1-5-13-14(6-2)18-19-15(17-13)16-11-12(3)21-9-7-20(4)8-10-21/h12H,5-11H2,1-4H3,(H,16,17,19). The van der Waals surface area contributed by atoms with Gasteiger partial charge in [0.1, 0.15) is 0 Å². The summed E-state index contributed by atoms with van der Waals surface area (Å²) in [4.78, 5) is 9.47. The summed E-state index contributed by atoms with van der Waals surface area (Å²) in [7, 11) is 2.18. The van der Waals surface area contributed by atoms with Crippen molar-refractivity contribution in [3.8, 4) is 0 Å². The van der Waals surface area contributed by atoms with Gasteiger partial charge in [-0.25, -0.2) is 4.98 Å². The summed E-state index contributed by atoms with van der Waals surface area (Å²) in [5, 5.41) is 11.8. The normalized spacial score (nSPS) is 18.7. The lowest BCUT2D eigenvalue weighted by Crippen LogP contribution is -2.50. The van der Waals surface area contributed by atoms with Crippen LogP contribution in [0.3, 0.4) is 0 Å². The Morgan fingerprint density at radius 2 is 1.71 bits per heavy atom. The first-order chi connectivity index (χ1) is 10.1. The monoisotopic (exact) mass is 292 g/mol. The van der Waals surface area contributed by atoms with Crippen molar-refractivity contribution in [2.24, 2.45) is 0 Å². The van der Waals surface area contributed by atoms with Crippen LogP contribution in [0.1, 0.15) is 32.2 Å². The van der Waals surface area contributed by atoms with Crippen LogP contribution in [0.4, 0.5) is 5.95 Å². The largest absolute Gasteiger partial charge is 0.351 e. The number of aryl methyl sites for hydroxylation is 2. The van der Waals surface area contributed by atoms with E-state index in [1.165, 1.54) is 0 Å². The van der Waals surface area contributed by atoms with E-state index >= 15 is 0 Å². The zero-order valence-corrected chi connectivity index (χ0v) is 13.8. The van der Waals surface area contributed by atoms with Gasteiger partial charge >= 0.3 is 0 Å². The first-order valence-electron chi connectivity index (χ1n) is 8.03. The quantitative estimate of drug-likeness (QED) is 0.845. The van der Waals surface area contributed by atoms with Crippen molar-refractivity contribution in [1.82, 2.24) is 25.0 Å². The molecule has 118 valence electrons. The second kappa shape index (κ2) is 7.66. The Bertz CT molecular complexity index is 442. The van der Waals surface area contributed by atoms with Crippen molar-refractivity contribution in [3.05, 3.63) is 11.4 Å². The summed E-state index contributed by atoms with van der Waals surface area (Å²) >= 11 is 0.